The van der Waals surface area contributed by atoms with Crippen LogP contribution in [0.15, 0.2) is 42.7 Å². The van der Waals surface area contributed by atoms with Crippen LogP contribution in [0.1, 0.15) is 25.3 Å². The zero-order valence-electron chi connectivity index (χ0n) is 14.4. The monoisotopic (exact) mass is 328 g/mol. The Morgan fingerprint density at radius 1 is 1.25 bits per heavy atom. The Balaban J connectivity index is 1.39. The third kappa shape index (κ3) is 4.90. The molecule has 1 aliphatic rings. The zero-order chi connectivity index (χ0) is 16.8. The van der Waals surface area contributed by atoms with Crippen molar-refractivity contribution in [3.05, 3.63) is 48.3 Å². The smallest absolute Gasteiger partial charge is 0.0791 e. The van der Waals surface area contributed by atoms with Crippen LogP contribution < -0.4 is 5.32 Å². The van der Waals surface area contributed by atoms with E-state index in [1.807, 2.05) is 47.4 Å². The van der Waals surface area contributed by atoms with E-state index >= 15 is 0 Å². The number of hydrogen-bond donors (Lipinski definition) is 2. The van der Waals surface area contributed by atoms with E-state index in [1.54, 1.807) is 0 Å². The van der Waals surface area contributed by atoms with E-state index in [9.17, 15) is 5.11 Å². The van der Waals surface area contributed by atoms with E-state index in [4.69, 9.17) is 0 Å². The van der Waals surface area contributed by atoms with Crippen LogP contribution in [0, 0.1) is 5.92 Å². The van der Waals surface area contributed by atoms with Crippen molar-refractivity contribution >= 4 is 0 Å². The predicted octanol–water partition coefficient (Wildman–Crippen LogP) is 2.05. The lowest BCUT2D eigenvalue weighted by molar-refractivity contribution is 0.0907. The fourth-order valence-electron chi connectivity index (χ4n) is 3.16. The number of aliphatic hydroxyl groups is 1. The van der Waals surface area contributed by atoms with E-state index in [0.29, 0.717) is 6.54 Å². The van der Waals surface area contributed by atoms with Crippen LogP contribution in [0.25, 0.3) is 5.69 Å². The number of nitrogens with zero attached hydrogens (tertiary/aromatic N) is 3. The summed E-state index contributed by atoms with van der Waals surface area (Å²) >= 11 is 0. The molecule has 0 saturated carbocycles. The van der Waals surface area contributed by atoms with Crippen LogP contribution in [-0.2, 0) is 6.54 Å². The quantitative estimate of drug-likeness (QED) is 0.817. The maximum absolute atomic E-state index is 10.2. The molecule has 0 bridgehead atoms. The number of hydrogen-bond acceptors (Lipinski definition) is 4. The van der Waals surface area contributed by atoms with Crippen LogP contribution in [0.2, 0.25) is 0 Å². The molecule has 1 fully saturated rings. The first-order valence-corrected chi connectivity index (χ1v) is 8.91. The molecule has 0 spiro atoms. The highest BCUT2D eigenvalue weighted by molar-refractivity contribution is 5.30. The van der Waals surface area contributed by atoms with Crippen molar-refractivity contribution < 1.29 is 5.11 Å². The maximum Gasteiger partial charge on any atom is 0.0791 e. The first kappa shape index (κ1) is 17.1. The van der Waals surface area contributed by atoms with E-state index < -0.39 is 0 Å². The van der Waals surface area contributed by atoms with Crippen molar-refractivity contribution in [3.63, 3.8) is 0 Å². The maximum atomic E-state index is 10.2. The number of likely N-dealkylation sites (tertiary alicyclic amines) is 1. The molecular weight excluding hydrogens is 300 g/mol. The third-order valence-electron chi connectivity index (χ3n) is 4.71. The van der Waals surface area contributed by atoms with Gasteiger partial charge >= 0.3 is 0 Å². The number of benzene rings is 1. The highest BCUT2D eigenvalue weighted by atomic mass is 16.3. The van der Waals surface area contributed by atoms with Crippen LogP contribution in [0.5, 0.6) is 0 Å². The summed E-state index contributed by atoms with van der Waals surface area (Å²) in [6.07, 6.45) is 6.08. The summed E-state index contributed by atoms with van der Waals surface area (Å²) in [6.45, 7) is 6.64. The Morgan fingerprint density at radius 3 is 2.75 bits per heavy atom. The van der Waals surface area contributed by atoms with Crippen molar-refractivity contribution in [1.29, 1.82) is 0 Å². The molecule has 1 atom stereocenters. The fraction of sp³-hybridized carbons (Fsp3) is 0.526. The van der Waals surface area contributed by atoms with Gasteiger partial charge in [0.1, 0.15) is 0 Å². The third-order valence-corrected chi connectivity index (χ3v) is 4.71. The largest absolute Gasteiger partial charge is 0.390 e. The summed E-state index contributed by atoms with van der Waals surface area (Å²) in [7, 11) is 0. The summed E-state index contributed by atoms with van der Waals surface area (Å²) in [6, 6.07) is 10.1. The summed E-state index contributed by atoms with van der Waals surface area (Å²) < 4.78 is 1.88. The van der Waals surface area contributed by atoms with Gasteiger partial charge in [0.15, 0.2) is 0 Å². The minimum absolute atomic E-state index is 0.317. The zero-order valence-corrected chi connectivity index (χ0v) is 14.4. The number of rotatable bonds is 7. The first-order chi connectivity index (χ1) is 11.7. The number of nitrogens with one attached hydrogen (secondary N) is 1. The highest BCUT2D eigenvalue weighted by Crippen LogP contribution is 2.15. The SMILES string of the molecule is CC1CCN(CC(O)CNCc2cnn(-c3ccccc3)c2)CC1. The molecule has 2 aromatic rings. The lowest BCUT2D eigenvalue weighted by atomic mass is 9.99. The van der Waals surface area contributed by atoms with Gasteiger partial charge in [-0.3, -0.25) is 0 Å². The number of β-amino-alcohol motifs (C(OH)–C–C–N with tert-alkyl or cyclic N) is 1. The molecular formula is C19H28N4O. The summed E-state index contributed by atoms with van der Waals surface area (Å²) in [5.74, 6) is 0.831. The molecule has 5 heteroatoms. The molecule has 24 heavy (non-hydrogen) atoms. The van der Waals surface area contributed by atoms with Crippen LogP contribution >= 0.6 is 0 Å². The normalized spacial score (nSPS) is 17.9. The van der Waals surface area contributed by atoms with Gasteiger partial charge in [-0.25, -0.2) is 4.68 Å². The second-order valence-electron chi connectivity index (χ2n) is 6.90. The highest BCUT2D eigenvalue weighted by Gasteiger charge is 2.18. The fourth-order valence-corrected chi connectivity index (χ4v) is 3.16. The van der Waals surface area contributed by atoms with E-state index in [2.05, 4.69) is 22.2 Å². The average molecular weight is 328 g/mol. The van der Waals surface area contributed by atoms with Crippen molar-refractivity contribution in [2.45, 2.75) is 32.4 Å². The molecule has 3 rings (SSSR count). The first-order valence-electron chi connectivity index (χ1n) is 8.91. The van der Waals surface area contributed by atoms with Gasteiger partial charge in [-0.15, -0.1) is 0 Å². The van der Waals surface area contributed by atoms with E-state index in [1.165, 1.54) is 12.8 Å². The van der Waals surface area contributed by atoms with Gasteiger partial charge in [0, 0.05) is 31.4 Å². The van der Waals surface area contributed by atoms with Gasteiger partial charge < -0.3 is 15.3 Å². The van der Waals surface area contributed by atoms with Crippen molar-refractivity contribution in [2.24, 2.45) is 5.92 Å². The summed E-state index contributed by atoms with van der Waals surface area (Å²) in [4.78, 5) is 2.37. The predicted molar refractivity (Wildman–Crippen MR) is 96.1 cm³/mol. The second-order valence-corrected chi connectivity index (χ2v) is 6.90. The molecule has 2 heterocycles. The van der Waals surface area contributed by atoms with Crippen LogP contribution in [0.3, 0.4) is 0 Å². The molecule has 0 radical (unpaired) electrons. The lowest BCUT2D eigenvalue weighted by Crippen LogP contribution is -2.41. The molecule has 1 aromatic heterocycles. The summed E-state index contributed by atoms with van der Waals surface area (Å²) in [5, 5.41) is 17.9. The Kier molecular flexibility index (Phi) is 6.01. The van der Waals surface area contributed by atoms with Gasteiger partial charge in [0.2, 0.25) is 0 Å². The molecule has 2 N–H and O–H groups in total. The molecule has 0 amide bonds. The Hall–Kier alpha value is -1.69. The van der Waals surface area contributed by atoms with E-state index in [0.717, 1.165) is 43.3 Å². The molecule has 1 aliphatic heterocycles. The topological polar surface area (TPSA) is 53.3 Å². The molecule has 1 saturated heterocycles. The average Bonchev–Trinajstić information content (AvgIpc) is 3.07. The van der Waals surface area contributed by atoms with Gasteiger partial charge in [-0.2, -0.15) is 5.10 Å². The van der Waals surface area contributed by atoms with E-state index in [-0.39, 0.29) is 6.10 Å². The van der Waals surface area contributed by atoms with Gasteiger partial charge in [0.05, 0.1) is 18.0 Å². The standard InChI is InChI=1S/C19H28N4O/c1-16-7-9-22(10-8-16)15-19(24)13-20-11-17-12-21-23(14-17)18-5-3-2-4-6-18/h2-6,12,14,16,19-20,24H,7-11,13,15H2,1H3. The second kappa shape index (κ2) is 8.42. The van der Waals surface area contributed by atoms with Gasteiger partial charge in [-0.1, -0.05) is 25.1 Å². The summed E-state index contributed by atoms with van der Waals surface area (Å²) in [5.41, 5.74) is 2.18. The molecule has 5 nitrogen and oxygen atoms in total. The lowest BCUT2D eigenvalue weighted by Gasteiger charge is -2.31. The number of aliphatic hydroxyl groups excluding tert-OH is 1. The van der Waals surface area contributed by atoms with Crippen LogP contribution in [0.4, 0.5) is 0 Å². The van der Waals surface area contributed by atoms with Crippen molar-refractivity contribution in [3.8, 4) is 5.69 Å². The van der Waals surface area contributed by atoms with Crippen LogP contribution in [-0.4, -0.2) is 52.1 Å². The molecule has 130 valence electrons. The number of piperidine rings is 1. The number of para-hydroxylation sites is 1. The van der Waals surface area contributed by atoms with Gasteiger partial charge in [0.25, 0.3) is 0 Å². The van der Waals surface area contributed by atoms with Gasteiger partial charge in [-0.05, 0) is 44.0 Å². The minimum atomic E-state index is -0.317. The number of aromatic nitrogens is 2. The van der Waals surface area contributed by atoms with Crippen molar-refractivity contribution in [2.75, 3.05) is 26.2 Å². The Morgan fingerprint density at radius 2 is 2.00 bits per heavy atom. The molecule has 1 unspecified atom stereocenters. The Bertz CT molecular complexity index is 605. The molecule has 1 aromatic carbocycles. The van der Waals surface area contributed by atoms with Crippen molar-refractivity contribution in [1.82, 2.24) is 20.0 Å². The Labute approximate surface area is 144 Å². The minimum Gasteiger partial charge on any atom is -0.390 e. The molecule has 0 aliphatic carbocycles.